The summed E-state index contributed by atoms with van der Waals surface area (Å²) in [5.41, 5.74) is 0.322. The van der Waals surface area contributed by atoms with Crippen LogP contribution in [-0.2, 0) is 25.5 Å². The molecule has 0 saturated heterocycles. The van der Waals surface area contributed by atoms with Crippen molar-refractivity contribution in [3.63, 3.8) is 0 Å². The molecule has 0 atom stereocenters. The standard InChI is InChI=1S/C19H28N2O4S/c1-4-19(2,3)17(23)18(24)21(10-12-26)14-16(22)25-11-6-8-15-7-5-9-20-13-15/h5,7,9,13,26H,4,6,8,10-12,14H2,1-3H3. The number of ketones is 1. The lowest BCUT2D eigenvalue weighted by Crippen LogP contribution is -2.46. The van der Waals surface area contributed by atoms with Gasteiger partial charge in [-0.15, -0.1) is 0 Å². The van der Waals surface area contributed by atoms with Crippen molar-refractivity contribution in [2.75, 3.05) is 25.4 Å². The Hall–Kier alpha value is -1.89. The molecule has 6 nitrogen and oxygen atoms in total. The first kappa shape index (κ1) is 22.2. The highest BCUT2D eigenvalue weighted by atomic mass is 32.1. The van der Waals surface area contributed by atoms with E-state index in [2.05, 4.69) is 17.6 Å². The Morgan fingerprint density at radius 3 is 2.62 bits per heavy atom. The summed E-state index contributed by atoms with van der Waals surface area (Å²) in [4.78, 5) is 42.0. The van der Waals surface area contributed by atoms with Crippen LogP contribution in [0.3, 0.4) is 0 Å². The van der Waals surface area contributed by atoms with Crippen molar-refractivity contribution in [3.8, 4) is 0 Å². The first-order valence-electron chi connectivity index (χ1n) is 8.81. The molecule has 1 amide bonds. The summed E-state index contributed by atoms with van der Waals surface area (Å²) in [7, 11) is 0. The summed E-state index contributed by atoms with van der Waals surface area (Å²) in [6.07, 6.45) is 5.45. The largest absolute Gasteiger partial charge is 0.464 e. The third-order valence-electron chi connectivity index (χ3n) is 4.27. The smallest absolute Gasteiger partial charge is 0.325 e. The monoisotopic (exact) mass is 380 g/mol. The minimum Gasteiger partial charge on any atom is -0.464 e. The summed E-state index contributed by atoms with van der Waals surface area (Å²) in [5.74, 6) is -1.31. The van der Waals surface area contributed by atoms with Crippen molar-refractivity contribution in [2.45, 2.75) is 40.0 Å². The number of ether oxygens (including phenoxy) is 1. The number of rotatable bonds is 11. The predicted octanol–water partition coefficient (Wildman–Crippen LogP) is 2.32. The van der Waals surface area contributed by atoms with Crippen LogP contribution in [0.1, 0.15) is 39.2 Å². The van der Waals surface area contributed by atoms with Gasteiger partial charge in [0.2, 0.25) is 5.78 Å². The van der Waals surface area contributed by atoms with Crippen LogP contribution in [0.2, 0.25) is 0 Å². The zero-order valence-corrected chi connectivity index (χ0v) is 16.6. The molecule has 0 aliphatic heterocycles. The molecular weight excluding hydrogens is 352 g/mol. The maximum Gasteiger partial charge on any atom is 0.325 e. The van der Waals surface area contributed by atoms with E-state index in [0.29, 0.717) is 18.6 Å². The number of esters is 1. The van der Waals surface area contributed by atoms with E-state index in [4.69, 9.17) is 4.74 Å². The number of hydrogen-bond acceptors (Lipinski definition) is 6. The molecule has 0 aliphatic carbocycles. The lowest BCUT2D eigenvalue weighted by molar-refractivity contribution is -0.154. The SMILES string of the molecule is CCC(C)(C)C(=O)C(=O)N(CCS)CC(=O)OCCCc1cccnc1. The number of nitrogens with zero attached hydrogens (tertiary/aromatic N) is 2. The van der Waals surface area contributed by atoms with Crippen LogP contribution in [0, 0.1) is 5.41 Å². The molecule has 0 fully saturated rings. The van der Waals surface area contributed by atoms with Gasteiger partial charge in [-0.05, 0) is 30.9 Å². The van der Waals surface area contributed by atoms with Gasteiger partial charge >= 0.3 is 5.97 Å². The maximum atomic E-state index is 12.4. The Balaban J connectivity index is 2.49. The Kier molecular flexibility index (Phi) is 9.34. The fraction of sp³-hybridized carbons (Fsp3) is 0.579. The summed E-state index contributed by atoms with van der Waals surface area (Å²) < 4.78 is 5.19. The molecule has 0 spiro atoms. The second kappa shape index (κ2) is 11.0. The van der Waals surface area contributed by atoms with E-state index in [1.807, 2.05) is 19.1 Å². The summed E-state index contributed by atoms with van der Waals surface area (Å²) >= 11 is 4.10. The molecule has 0 bridgehead atoms. The number of aryl methyl sites for hydroxylation is 1. The predicted molar refractivity (Wildman–Crippen MR) is 103 cm³/mol. The van der Waals surface area contributed by atoms with Gasteiger partial charge in [0.1, 0.15) is 6.54 Å². The number of amides is 1. The van der Waals surface area contributed by atoms with Crippen LogP contribution in [0.5, 0.6) is 0 Å². The van der Waals surface area contributed by atoms with Crippen molar-refractivity contribution in [3.05, 3.63) is 30.1 Å². The Bertz CT molecular complexity index is 605. The Labute approximate surface area is 160 Å². The highest BCUT2D eigenvalue weighted by Crippen LogP contribution is 2.22. The molecule has 1 heterocycles. The zero-order chi connectivity index (χ0) is 19.6. The average molecular weight is 381 g/mol. The third-order valence-corrected chi connectivity index (χ3v) is 4.47. The third kappa shape index (κ3) is 7.15. The molecule has 1 rings (SSSR count). The molecule has 1 aromatic rings. The number of aromatic nitrogens is 1. The molecule has 0 aromatic carbocycles. The van der Waals surface area contributed by atoms with Gasteiger partial charge in [-0.1, -0.05) is 26.8 Å². The van der Waals surface area contributed by atoms with E-state index in [0.717, 1.165) is 12.0 Å². The molecule has 0 aliphatic rings. The van der Waals surface area contributed by atoms with E-state index in [-0.39, 0.29) is 19.7 Å². The molecule has 0 saturated carbocycles. The van der Waals surface area contributed by atoms with Crippen molar-refractivity contribution in [1.82, 2.24) is 9.88 Å². The first-order valence-corrected chi connectivity index (χ1v) is 9.44. The molecule has 144 valence electrons. The summed E-state index contributed by atoms with van der Waals surface area (Å²) in [6, 6.07) is 3.82. The fourth-order valence-corrected chi connectivity index (χ4v) is 2.42. The van der Waals surface area contributed by atoms with Crippen molar-refractivity contribution in [1.29, 1.82) is 0 Å². The van der Waals surface area contributed by atoms with E-state index >= 15 is 0 Å². The molecule has 1 aromatic heterocycles. The highest BCUT2D eigenvalue weighted by Gasteiger charge is 2.34. The number of Topliss-reactive ketones (excluding diaryl/α,β-unsaturated/α-hetero) is 1. The van der Waals surface area contributed by atoms with Gasteiger partial charge in [0.25, 0.3) is 5.91 Å². The maximum absolute atomic E-state index is 12.4. The highest BCUT2D eigenvalue weighted by molar-refractivity contribution is 7.80. The lowest BCUT2D eigenvalue weighted by atomic mass is 9.84. The van der Waals surface area contributed by atoms with Gasteiger partial charge in [-0.3, -0.25) is 19.4 Å². The van der Waals surface area contributed by atoms with Gasteiger partial charge in [0.05, 0.1) is 6.61 Å². The first-order chi connectivity index (χ1) is 12.3. The van der Waals surface area contributed by atoms with Crippen molar-refractivity contribution < 1.29 is 19.1 Å². The Morgan fingerprint density at radius 1 is 1.31 bits per heavy atom. The van der Waals surface area contributed by atoms with Crippen LogP contribution in [0.15, 0.2) is 24.5 Å². The second-order valence-corrected chi connectivity index (χ2v) is 7.15. The Morgan fingerprint density at radius 2 is 2.04 bits per heavy atom. The molecule has 0 radical (unpaired) electrons. The number of carbonyl (C=O) groups excluding carboxylic acids is 3. The number of thiol groups is 1. The second-order valence-electron chi connectivity index (χ2n) is 6.70. The molecule has 7 heteroatoms. The average Bonchev–Trinajstić information content (AvgIpc) is 2.64. The van der Waals surface area contributed by atoms with Crippen LogP contribution in [0.4, 0.5) is 0 Å². The van der Waals surface area contributed by atoms with Crippen LogP contribution < -0.4 is 0 Å². The minimum atomic E-state index is -0.750. The topological polar surface area (TPSA) is 76.6 Å². The minimum absolute atomic E-state index is 0.220. The quantitative estimate of drug-likeness (QED) is 0.276. The van der Waals surface area contributed by atoms with Crippen LogP contribution >= 0.6 is 12.6 Å². The van der Waals surface area contributed by atoms with Crippen LogP contribution in [-0.4, -0.2) is 53.0 Å². The lowest BCUT2D eigenvalue weighted by Gasteiger charge is -2.26. The van der Waals surface area contributed by atoms with E-state index in [9.17, 15) is 14.4 Å². The van der Waals surface area contributed by atoms with E-state index in [1.54, 1.807) is 26.2 Å². The summed E-state index contributed by atoms with van der Waals surface area (Å²) in [6.45, 7) is 5.54. The zero-order valence-electron chi connectivity index (χ0n) is 15.7. The molecule has 0 unspecified atom stereocenters. The number of pyridine rings is 1. The van der Waals surface area contributed by atoms with Gasteiger partial charge < -0.3 is 9.64 Å². The van der Waals surface area contributed by atoms with Gasteiger partial charge in [-0.2, -0.15) is 12.6 Å². The fourth-order valence-electron chi connectivity index (χ4n) is 2.18. The normalized spacial score (nSPS) is 11.1. The number of carbonyl (C=O) groups is 3. The molecule has 0 N–H and O–H groups in total. The summed E-state index contributed by atoms with van der Waals surface area (Å²) in [5, 5.41) is 0. The van der Waals surface area contributed by atoms with Crippen molar-refractivity contribution in [2.24, 2.45) is 5.41 Å². The van der Waals surface area contributed by atoms with Crippen LogP contribution in [0.25, 0.3) is 0 Å². The molecular formula is C19H28N2O4S. The van der Waals surface area contributed by atoms with Gasteiger partial charge in [0.15, 0.2) is 0 Å². The van der Waals surface area contributed by atoms with Crippen molar-refractivity contribution >= 4 is 30.3 Å². The van der Waals surface area contributed by atoms with Gasteiger partial charge in [-0.25, -0.2) is 0 Å². The molecule has 26 heavy (non-hydrogen) atoms. The van der Waals surface area contributed by atoms with E-state index in [1.165, 1.54) is 4.90 Å². The number of hydrogen-bond donors (Lipinski definition) is 1. The van der Waals surface area contributed by atoms with Gasteiger partial charge in [0, 0.05) is 30.1 Å². The van der Waals surface area contributed by atoms with E-state index < -0.39 is 23.1 Å².